The van der Waals surface area contributed by atoms with Crippen LogP contribution in [0.5, 0.6) is 0 Å². The summed E-state index contributed by atoms with van der Waals surface area (Å²) in [4.78, 5) is 13.0. The van der Waals surface area contributed by atoms with Crippen LogP contribution in [-0.4, -0.2) is 5.91 Å². The Hall–Kier alpha value is -0.210. The lowest BCUT2D eigenvalue weighted by Crippen LogP contribution is -2.27. The van der Waals surface area contributed by atoms with Gasteiger partial charge >= 0.3 is 0 Å². The second-order valence-electron chi connectivity index (χ2n) is 3.73. The largest absolute Gasteiger partial charge is 0.322 e. The van der Waals surface area contributed by atoms with Gasteiger partial charge < -0.3 is 11.1 Å². The molecule has 3 nitrogen and oxygen atoms in total. The van der Waals surface area contributed by atoms with E-state index in [4.69, 9.17) is 5.73 Å². The Morgan fingerprint density at radius 2 is 1.89 bits per heavy atom. The van der Waals surface area contributed by atoms with E-state index in [1.165, 1.54) is 11.3 Å². The molecule has 0 radical (unpaired) electrons. The molecule has 1 heterocycles. The zero-order chi connectivity index (χ0) is 14.0. The molecule has 1 aromatic carbocycles. The summed E-state index contributed by atoms with van der Waals surface area (Å²) < 4.78 is 2.47. The fourth-order valence-corrected chi connectivity index (χ4v) is 4.64. The van der Waals surface area contributed by atoms with Gasteiger partial charge in [-0.2, -0.15) is 0 Å². The highest BCUT2D eigenvalue weighted by molar-refractivity contribution is 9.11. The van der Waals surface area contributed by atoms with Crippen molar-refractivity contribution < 1.29 is 4.79 Å². The molecule has 2 aromatic rings. The highest BCUT2D eigenvalue weighted by Crippen LogP contribution is 2.34. The van der Waals surface area contributed by atoms with Crippen LogP contribution in [0, 0.1) is 0 Å². The number of carbonyl (C=O) groups is 1. The molecule has 19 heavy (non-hydrogen) atoms. The van der Waals surface area contributed by atoms with Crippen molar-refractivity contribution in [2.75, 3.05) is 5.32 Å². The number of anilines is 1. The summed E-state index contributed by atoms with van der Waals surface area (Å²) >= 11 is 11.7. The number of hydrogen-bond acceptors (Lipinski definition) is 3. The minimum Gasteiger partial charge on any atom is -0.322 e. The van der Waals surface area contributed by atoms with Crippen LogP contribution in [0.15, 0.2) is 43.1 Å². The predicted octanol–water partition coefficient (Wildman–Crippen LogP) is 4.67. The summed E-state index contributed by atoms with van der Waals surface area (Å²) in [6, 6.07) is 6.77. The third-order valence-electron chi connectivity index (χ3n) is 2.39. The van der Waals surface area contributed by atoms with Gasteiger partial charge in [0.1, 0.15) is 6.04 Å². The van der Waals surface area contributed by atoms with Crippen LogP contribution in [0.4, 0.5) is 5.69 Å². The van der Waals surface area contributed by atoms with Gasteiger partial charge in [-0.1, -0.05) is 22.0 Å². The number of nitrogens with one attached hydrogen (secondary N) is 1. The molecule has 0 bridgehead atoms. The Morgan fingerprint density at radius 3 is 2.42 bits per heavy atom. The van der Waals surface area contributed by atoms with Crippen LogP contribution in [0.1, 0.15) is 10.9 Å². The van der Waals surface area contributed by atoms with Crippen LogP contribution >= 0.6 is 59.1 Å². The fraction of sp³-hybridized carbons (Fsp3) is 0.0833. The molecular weight excluding hydrogens is 460 g/mol. The van der Waals surface area contributed by atoms with E-state index in [9.17, 15) is 4.79 Å². The van der Waals surface area contributed by atoms with Gasteiger partial charge in [0.2, 0.25) is 5.91 Å². The Balaban J connectivity index is 2.20. The maximum atomic E-state index is 12.1. The van der Waals surface area contributed by atoms with Crippen molar-refractivity contribution in [2.24, 2.45) is 5.73 Å². The van der Waals surface area contributed by atoms with Gasteiger partial charge in [0.05, 0.1) is 5.69 Å². The van der Waals surface area contributed by atoms with Crippen LogP contribution in [0.2, 0.25) is 0 Å². The molecule has 0 spiro atoms. The highest BCUT2D eigenvalue weighted by Gasteiger charge is 2.19. The molecule has 100 valence electrons. The molecule has 3 N–H and O–H groups in total. The van der Waals surface area contributed by atoms with E-state index in [1.54, 1.807) is 0 Å². The summed E-state index contributed by atoms with van der Waals surface area (Å²) in [7, 11) is 0. The topological polar surface area (TPSA) is 55.1 Å². The Kier molecular flexibility index (Phi) is 5.19. The summed E-state index contributed by atoms with van der Waals surface area (Å²) in [6.45, 7) is 0. The van der Waals surface area contributed by atoms with Crippen molar-refractivity contribution in [3.05, 3.63) is 47.9 Å². The normalized spacial score (nSPS) is 12.2. The molecule has 1 amide bonds. The third-order valence-corrected chi connectivity index (χ3v) is 5.05. The number of carbonyl (C=O) groups excluding carboxylic acids is 1. The van der Waals surface area contributed by atoms with E-state index in [1.807, 2.05) is 29.6 Å². The van der Waals surface area contributed by atoms with Gasteiger partial charge in [0, 0.05) is 18.3 Å². The Morgan fingerprint density at radius 1 is 1.26 bits per heavy atom. The van der Waals surface area contributed by atoms with E-state index < -0.39 is 6.04 Å². The van der Waals surface area contributed by atoms with Crippen molar-refractivity contribution in [3.63, 3.8) is 0 Å². The maximum Gasteiger partial charge on any atom is 0.246 e. The van der Waals surface area contributed by atoms with Gasteiger partial charge in [-0.3, -0.25) is 4.79 Å². The molecule has 0 aliphatic carbocycles. The van der Waals surface area contributed by atoms with Gasteiger partial charge in [-0.25, -0.2) is 0 Å². The van der Waals surface area contributed by atoms with Crippen LogP contribution in [-0.2, 0) is 4.79 Å². The second-order valence-corrected chi connectivity index (χ2v) is 7.33. The van der Waals surface area contributed by atoms with Gasteiger partial charge in [0.25, 0.3) is 0 Å². The van der Waals surface area contributed by atoms with E-state index in [0.717, 1.165) is 18.3 Å². The minimum absolute atomic E-state index is 0.244. The van der Waals surface area contributed by atoms with E-state index >= 15 is 0 Å². The van der Waals surface area contributed by atoms with E-state index in [-0.39, 0.29) is 5.91 Å². The van der Waals surface area contributed by atoms with Gasteiger partial charge in [-0.05, 0) is 55.4 Å². The fourth-order valence-electron chi connectivity index (χ4n) is 1.46. The Labute approximate surface area is 140 Å². The average molecular weight is 469 g/mol. The predicted molar refractivity (Wildman–Crippen MR) is 89.4 cm³/mol. The SMILES string of the molecule is NC(C(=O)Nc1c(Br)cc(Br)cc1Br)c1cccs1. The summed E-state index contributed by atoms with van der Waals surface area (Å²) in [5.41, 5.74) is 6.59. The molecule has 0 aliphatic heterocycles. The lowest BCUT2D eigenvalue weighted by molar-refractivity contribution is -0.117. The van der Waals surface area contributed by atoms with Crippen molar-refractivity contribution >= 4 is 70.7 Å². The molecule has 1 atom stereocenters. The molecule has 7 heteroatoms. The average Bonchev–Trinajstić information content (AvgIpc) is 2.86. The molecule has 0 fully saturated rings. The second kappa shape index (κ2) is 6.49. The zero-order valence-electron chi connectivity index (χ0n) is 9.49. The summed E-state index contributed by atoms with van der Waals surface area (Å²) in [5.74, 6) is -0.244. The van der Waals surface area contributed by atoms with Crippen LogP contribution in [0.3, 0.4) is 0 Å². The number of thiophene rings is 1. The zero-order valence-corrected chi connectivity index (χ0v) is 15.1. The molecule has 0 saturated carbocycles. The van der Waals surface area contributed by atoms with Crippen LogP contribution in [0.25, 0.3) is 0 Å². The molecule has 0 saturated heterocycles. The van der Waals surface area contributed by atoms with Gasteiger partial charge in [-0.15, -0.1) is 11.3 Å². The first-order chi connectivity index (χ1) is 8.99. The number of hydrogen-bond donors (Lipinski definition) is 2. The molecule has 1 unspecified atom stereocenters. The van der Waals surface area contributed by atoms with E-state index in [2.05, 4.69) is 53.1 Å². The van der Waals surface area contributed by atoms with Crippen molar-refractivity contribution in [3.8, 4) is 0 Å². The number of amides is 1. The number of nitrogens with two attached hydrogens (primary N) is 1. The molecule has 0 aliphatic rings. The number of halogens is 3. The quantitative estimate of drug-likeness (QED) is 0.687. The van der Waals surface area contributed by atoms with Crippen LogP contribution < -0.4 is 11.1 Å². The maximum absolute atomic E-state index is 12.1. The van der Waals surface area contributed by atoms with E-state index in [0.29, 0.717) is 5.69 Å². The van der Waals surface area contributed by atoms with Gasteiger partial charge in [0.15, 0.2) is 0 Å². The Bertz CT molecular complexity index is 578. The summed E-state index contributed by atoms with van der Waals surface area (Å²) in [5, 5.41) is 4.72. The van der Waals surface area contributed by atoms with Crippen molar-refractivity contribution in [2.45, 2.75) is 6.04 Å². The number of benzene rings is 1. The highest BCUT2D eigenvalue weighted by atomic mass is 79.9. The molecule has 2 rings (SSSR count). The third kappa shape index (κ3) is 3.66. The minimum atomic E-state index is -0.664. The first-order valence-corrected chi connectivity index (χ1v) is 8.49. The standard InChI is InChI=1S/C12H9Br3N2OS/c13-6-4-7(14)11(8(15)5-6)17-12(18)10(16)9-2-1-3-19-9/h1-5,10H,16H2,(H,17,18). The van der Waals surface area contributed by atoms with Crippen molar-refractivity contribution in [1.82, 2.24) is 0 Å². The molecule has 1 aromatic heterocycles. The number of rotatable bonds is 3. The first kappa shape index (κ1) is 15.2. The first-order valence-electron chi connectivity index (χ1n) is 5.23. The van der Waals surface area contributed by atoms with Crippen molar-refractivity contribution in [1.29, 1.82) is 0 Å². The lowest BCUT2D eigenvalue weighted by atomic mass is 10.2. The smallest absolute Gasteiger partial charge is 0.246 e. The lowest BCUT2D eigenvalue weighted by Gasteiger charge is -2.13. The summed E-state index contributed by atoms with van der Waals surface area (Å²) in [6.07, 6.45) is 0. The molecular formula is C12H9Br3N2OS. The monoisotopic (exact) mass is 466 g/mol.